The number of imidazole rings is 1. The summed E-state index contributed by atoms with van der Waals surface area (Å²) in [5, 5.41) is 0.223. The summed E-state index contributed by atoms with van der Waals surface area (Å²) in [6, 6.07) is 0. The summed E-state index contributed by atoms with van der Waals surface area (Å²) >= 11 is 5.97. The lowest BCUT2D eigenvalue weighted by molar-refractivity contribution is 0.763. The van der Waals surface area contributed by atoms with Crippen LogP contribution in [0.3, 0.4) is 0 Å². The Kier molecular flexibility index (Phi) is 4.31. The van der Waals surface area contributed by atoms with Crippen LogP contribution < -0.4 is 4.90 Å². The molecule has 0 amide bonds. The van der Waals surface area contributed by atoms with Crippen molar-refractivity contribution in [3.05, 3.63) is 29.3 Å². The van der Waals surface area contributed by atoms with Crippen LogP contribution in [-0.4, -0.2) is 37.6 Å². The third-order valence-electron chi connectivity index (χ3n) is 2.93. The number of aromatic nitrogens is 5. The highest BCUT2D eigenvalue weighted by Gasteiger charge is 2.11. The zero-order valence-electron chi connectivity index (χ0n) is 11.3. The molecule has 0 N–H and O–H groups in total. The van der Waals surface area contributed by atoms with Crippen molar-refractivity contribution >= 4 is 17.5 Å². The highest BCUT2D eigenvalue weighted by atomic mass is 35.5. The highest BCUT2D eigenvalue weighted by molar-refractivity contribution is 6.28. The van der Waals surface area contributed by atoms with Crippen LogP contribution in [0.15, 0.2) is 12.4 Å². The molecule has 2 heterocycles. The molecule has 19 heavy (non-hydrogen) atoms. The average molecular weight is 281 g/mol. The van der Waals surface area contributed by atoms with Gasteiger partial charge < -0.3 is 9.47 Å². The van der Waals surface area contributed by atoms with Crippen molar-refractivity contribution in [1.29, 1.82) is 0 Å². The van der Waals surface area contributed by atoms with Gasteiger partial charge in [0.2, 0.25) is 11.2 Å². The fourth-order valence-electron chi connectivity index (χ4n) is 1.81. The summed E-state index contributed by atoms with van der Waals surface area (Å²) in [6.07, 6.45) is 4.19. The molecule has 0 bridgehead atoms. The molecule has 6 nitrogen and oxygen atoms in total. The molecule has 0 saturated heterocycles. The minimum atomic E-state index is 0.223. The van der Waals surface area contributed by atoms with Gasteiger partial charge in [0, 0.05) is 32.5 Å². The van der Waals surface area contributed by atoms with E-state index in [4.69, 9.17) is 11.6 Å². The lowest BCUT2D eigenvalue weighted by atomic mass is 10.4. The maximum atomic E-state index is 5.97. The van der Waals surface area contributed by atoms with E-state index in [1.54, 1.807) is 6.20 Å². The van der Waals surface area contributed by atoms with E-state index in [-0.39, 0.29) is 5.28 Å². The first-order chi connectivity index (χ1) is 9.13. The van der Waals surface area contributed by atoms with E-state index in [0.717, 1.165) is 18.9 Å². The molecule has 2 aromatic heterocycles. The normalized spacial score (nSPS) is 10.7. The highest BCUT2D eigenvalue weighted by Crippen LogP contribution is 2.12. The van der Waals surface area contributed by atoms with Gasteiger partial charge in [-0.1, -0.05) is 0 Å². The van der Waals surface area contributed by atoms with Crippen LogP contribution in [0, 0.1) is 0 Å². The summed E-state index contributed by atoms with van der Waals surface area (Å²) in [6.45, 7) is 5.77. The first-order valence-corrected chi connectivity index (χ1v) is 6.63. The molecule has 0 aliphatic rings. The maximum Gasteiger partial charge on any atom is 0.229 e. The van der Waals surface area contributed by atoms with Crippen LogP contribution in [0.25, 0.3) is 0 Å². The van der Waals surface area contributed by atoms with Crippen LogP contribution in [0.4, 0.5) is 5.95 Å². The van der Waals surface area contributed by atoms with Crippen molar-refractivity contribution in [1.82, 2.24) is 24.5 Å². The average Bonchev–Trinajstić information content (AvgIpc) is 2.76. The van der Waals surface area contributed by atoms with Gasteiger partial charge in [0.05, 0.1) is 6.42 Å². The summed E-state index contributed by atoms with van der Waals surface area (Å²) in [5.41, 5.74) is 0. The van der Waals surface area contributed by atoms with Crippen molar-refractivity contribution < 1.29 is 0 Å². The van der Waals surface area contributed by atoms with E-state index in [1.165, 1.54) is 0 Å². The van der Waals surface area contributed by atoms with Crippen molar-refractivity contribution in [3.8, 4) is 0 Å². The first kappa shape index (κ1) is 13.7. The second-order valence-corrected chi connectivity index (χ2v) is 4.46. The number of anilines is 1. The smallest absolute Gasteiger partial charge is 0.229 e. The molecule has 0 atom stereocenters. The Labute approximate surface area is 117 Å². The Bertz CT molecular complexity index is 549. The lowest BCUT2D eigenvalue weighted by Gasteiger charge is -2.18. The Morgan fingerprint density at radius 2 is 1.95 bits per heavy atom. The van der Waals surface area contributed by atoms with Gasteiger partial charge in [0.1, 0.15) is 11.6 Å². The quantitative estimate of drug-likeness (QED) is 0.834. The molecule has 7 heteroatoms. The van der Waals surface area contributed by atoms with E-state index < -0.39 is 0 Å². The number of halogens is 1. The molecule has 102 valence electrons. The predicted molar refractivity (Wildman–Crippen MR) is 74.4 cm³/mol. The van der Waals surface area contributed by atoms with Crippen LogP contribution in [0.1, 0.15) is 25.5 Å². The number of rotatable bonds is 5. The van der Waals surface area contributed by atoms with Crippen molar-refractivity contribution in [3.63, 3.8) is 0 Å². The van der Waals surface area contributed by atoms with Gasteiger partial charge >= 0.3 is 0 Å². The zero-order chi connectivity index (χ0) is 13.8. The SMILES string of the molecule is CCN(CC)c1nc(Cl)nc(Cc2nccn2C)n1. The standard InChI is InChI=1S/C12H17ClN6/c1-4-19(5-2)12-16-9(15-11(13)17-12)8-10-14-6-7-18(10)3/h6-7H,4-5,8H2,1-3H3. The summed E-state index contributed by atoms with van der Waals surface area (Å²) in [7, 11) is 1.94. The van der Waals surface area contributed by atoms with Crippen molar-refractivity contribution in [2.24, 2.45) is 7.05 Å². The number of hydrogen-bond donors (Lipinski definition) is 0. The Balaban J connectivity index is 2.29. The van der Waals surface area contributed by atoms with Crippen molar-refractivity contribution in [2.75, 3.05) is 18.0 Å². The molecule has 2 rings (SSSR count). The largest absolute Gasteiger partial charge is 0.341 e. The molecule has 2 aromatic rings. The van der Waals surface area contributed by atoms with E-state index in [9.17, 15) is 0 Å². The number of hydrogen-bond acceptors (Lipinski definition) is 5. The van der Waals surface area contributed by atoms with Crippen LogP contribution >= 0.6 is 11.6 Å². The number of nitrogens with zero attached hydrogens (tertiary/aromatic N) is 6. The monoisotopic (exact) mass is 280 g/mol. The Morgan fingerprint density at radius 1 is 1.21 bits per heavy atom. The second-order valence-electron chi connectivity index (χ2n) is 4.12. The molecule has 0 aromatic carbocycles. The molecule has 0 radical (unpaired) electrons. The summed E-state index contributed by atoms with van der Waals surface area (Å²) in [4.78, 5) is 19.1. The topological polar surface area (TPSA) is 59.7 Å². The van der Waals surface area contributed by atoms with Crippen LogP contribution in [-0.2, 0) is 13.5 Å². The van der Waals surface area contributed by atoms with Gasteiger partial charge in [0.25, 0.3) is 0 Å². The summed E-state index contributed by atoms with van der Waals surface area (Å²) in [5.74, 6) is 2.15. The fraction of sp³-hybridized carbons (Fsp3) is 0.500. The zero-order valence-corrected chi connectivity index (χ0v) is 12.1. The molecule has 0 spiro atoms. The van der Waals surface area contributed by atoms with Gasteiger partial charge in [-0.2, -0.15) is 9.97 Å². The molecule has 0 aliphatic heterocycles. The molecular formula is C12H17ClN6. The predicted octanol–water partition coefficient (Wildman–Crippen LogP) is 1.70. The fourth-order valence-corrected chi connectivity index (χ4v) is 1.99. The Morgan fingerprint density at radius 3 is 2.53 bits per heavy atom. The molecule has 0 saturated carbocycles. The van der Waals surface area contributed by atoms with Gasteiger partial charge in [-0.15, -0.1) is 0 Å². The third-order valence-corrected chi connectivity index (χ3v) is 3.10. The first-order valence-electron chi connectivity index (χ1n) is 6.25. The second kappa shape index (κ2) is 5.97. The summed E-state index contributed by atoms with van der Waals surface area (Å²) < 4.78 is 1.94. The minimum Gasteiger partial charge on any atom is -0.341 e. The Hall–Kier alpha value is -1.69. The molecule has 0 fully saturated rings. The third kappa shape index (κ3) is 3.20. The molecular weight excluding hydrogens is 264 g/mol. The van der Waals surface area contributed by atoms with Crippen molar-refractivity contribution in [2.45, 2.75) is 20.3 Å². The van der Waals surface area contributed by atoms with Gasteiger partial charge in [0.15, 0.2) is 0 Å². The number of aryl methyl sites for hydroxylation is 1. The molecule has 0 aliphatic carbocycles. The van der Waals surface area contributed by atoms with Gasteiger partial charge in [-0.25, -0.2) is 9.97 Å². The van der Waals surface area contributed by atoms with E-state index in [1.807, 2.05) is 22.7 Å². The van der Waals surface area contributed by atoms with E-state index in [0.29, 0.717) is 18.2 Å². The molecule has 0 unspecified atom stereocenters. The van der Waals surface area contributed by atoms with Gasteiger partial charge in [-0.05, 0) is 25.4 Å². The lowest BCUT2D eigenvalue weighted by Crippen LogP contribution is -2.25. The van der Waals surface area contributed by atoms with E-state index >= 15 is 0 Å². The van der Waals surface area contributed by atoms with Crippen LogP contribution in [0.5, 0.6) is 0 Å². The van der Waals surface area contributed by atoms with E-state index in [2.05, 4.69) is 33.8 Å². The minimum absolute atomic E-state index is 0.223. The van der Waals surface area contributed by atoms with Gasteiger partial charge in [-0.3, -0.25) is 0 Å². The maximum absolute atomic E-state index is 5.97. The van der Waals surface area contributed by atoms with Crippen LogP contribution in [0.2, 0.25) is 5.28 Å².